The molecule has 2 N–H and O–H groups in total. The van der Waals surface area contributed by atoms with Crippen molar-refractivity contribution in [2.75, 3.05) is 31.6 Å². The summed E-state index contributed by atoms with van der Waals surface area (Å²) < 4.78 is 5.19. The van der Waals surface area contributed by atoms with E-state index in [-0.39, 0.29) is 6.04 Å². The van der Waals surface area contributed by atoms with Gasteiger partial charge in [-0.1, -0.05) is 12.1 Å². The van der Waals surface area contributed by atoms with Gasteiger partial charge in [-0.2, -0.15) is 0 Å². The Labute approximate surface area is 168 Å². The van der Waals surface area contributed by atoms with Crippen molar-refractivity contribution in [2.24, 2.45) is 4.99 Å². The molecule has 6 heteroatoms. The second-order valence-electron chi connectivity index (χ2n) is 7.06. The number of methoxy groups -OCH3 is 1. The predicted octanol–water partition coefficient (Wildman–Crippen LogP) is 3.51. The number of guanidine groups is 1. The van der Waals surface area contributed by atoms with Crippen molar-refractivity contribution in [3.8, 4) is 5.88 Å². The number of anilines is 1. The molecule has 1 atom stereocenters. The van der Waals surface area contributed by atoms with Crippen LogP contribution in [0.25, 0.3) is 0 Å². The van der Waals surface area contributed by atoms with E-state index in [2.05, 4.69) is 58.6 Å². The summed E-state index contributed by atoms with van der Waals surface area (Å²) in [6.07, 6.45) is 4.32. The standard InChI is InChI=1S/C22H31N5O/c1-4-23-22(25-16-18-10-11-24-21(14-18)28-3)26-17(2)19-8-7-9-20(15-19)27-12-5-6-13-27/h7-11,14-15,17H,4-6,12-13,16H2,1-3H3,(H2,23,25,26). The van der Waals surface area contributed by atoms with Crippen molar-refractivity contribution in [2.45, 2.75) is 39.3 Å². The van der Waals surface area contributed by atoms with Crippen LogP contribution in [0.5, 0.6) is 5.88 Å². The van der Waals surface area contributed by atoms with Crippen molar-refractivity contribution in [1.29, 1.82) is 0 Å². The number of hydrogen-bond donors (Lipinski definition) is 2. The maximum Gasteiger partial charge on any atom is 0.213 e. The van der Waals surface area contributed by atoms with E-state index in [1.807, 2.05) is 12.1 Å². The second kappa shape index (κ2) is 9.97. The Kier molecular flexibility index (Phi) is 7.12. The second-order valence-corrected chi connectivity index (χ2v) is 7.06. The highest BCUT2D eigenvalue weighted by atomic mass is 16.5. The predicted molar refractivity (Wildman–Crippen MR) is 115 cm³/mol. The smallest absolute Gasteiger partial charge is 0.213 e. The van der Waals surface area contributed by atoms with Crippen LogP contribution < -0.4 is 20.3 Å². The lowest BCUT2D eigenvalue weighted by molar-refractivity contribution is 0.397. The molecule has 1 aliphatic heterocycles. The lowest BCUT2D eigenvalue weighted by Gasteiger charge is -2.22. The van der Waals surface area contributed by atoms with Gasteiger partial charge in [-0.25, -0.2) is 9.98 Å². The minimum absolute atomic E-state index is 0.160. The lowest BCUT2D eigenvalue weighted by Crippen LogP contribution is -2.38. The first-order valence-electron chi connectivity index (χ1n) is 10.1. The molecule has 3 rings (SSSR count). The first kappa shape index (κ1) is 20.0. The van der Waals surface area contributed by atoms with E-state index < -0.39 is 0 Å². The third-order valence-electron chi connectivity index (χ3n) is 4.97. The molecule has 150 valence electrons. The van der Waals surface area contributed by atoms with Gasteiger partial charge >= 0.3 is 0 Å². The molecule has 0 saturated carbocycles. The number of nitrogens with one attached hydrogen (secondary N) is 2. The monoisotopic (exact) mass is 381 g/mol. The largest absolute Gasteiger partial charge is 0.481 e. The fraction of sp³-hybridized carbons (Fsp3) is 0.455. The number of aromatic nitrogens is 1. The Balaban J connectivity index is 1.68. The van der Waals surface area contributed by atoms with Crippen LogP contribution in [-0.4, -0.2) is 37.7 Å². The molecular weight excluding hydrogens is 350 g/mol. The molecule has 1 aromatic carbocycles. The number of ether oxygens (including phenoxy) is 1. The molecular formula is C22H31N5O. The normalized spacial score (nSPS) is 15.4. The molecule has 0 bridgehead atoms. The van der Waals surface area contributed by atoms with Crippen molar-refractivity contribution in [3.63, 3.8) is 0 Å². The van der Waals surface area contributed by atoms with Gasteiger partial charge < -0.3 is 20.3 Å². The van der Waals surface area contributed by atoms with Gasteiger partial charge in [0.2, 0.25) is 5.88 Å². The maximum absolute atomic E-state index is 5.19. The Hall–Kier alpha value is -2.76. The number of aliphatic imine (C=N–C) groups is 1. The summed E-state index contributed by atoms with van der Waals surface area (Å²) in [5.74, 6) is 1.41. The van der Waals surface area contributed by atoms with Gasteiger partial charge in [0, 0.05) is 37.6 Å². The highest BCUT2D eigenvalue weighted by Gasteiger charge is 2.14. The van der Waals surface area contributed by atoms with Crippen molar-refractivity contribution in [3.05, 3.63) is 53.7 Å². The molecule has 1 unspecified atom stereocenters. The first-order valence-corrected chi connectivity index (χ1v) is 10.1. The number of nitrogens with zero attached hydrogens (tertiary/aromatic N) is 3. The molecule has 1 aromatic heterocycles. The lowest BCUT2D eigenvalue weighted by atomic mass is 10.1. The van der Waals surface area contributed by atoms with Crippen LogP contribution >= 0.6 is 0 Å². The molecule has 2 heterocycles. The van der Waals surface area contributed by atoms with E-state index >= 15 is 0 Å². The van der Waals surface area contributed by atoms with Gasteiger partial charge in [-0.3, -0.25) is 0 Å². The topological polar surface area (TPSA) is 61.8 Å². The molecule has 0 spiro atoms. The number of pyridine rings is 1. The summed E-state index contributed by atoms with van der Waals surface area (Å²) in [5.41, 5.74) is 3.64. The Morgan fingerprint density at radius 1 is 1.25 bits per heavy atom. The molecule has 1 fully saturated rings. The zero-order valence-electron chi connectivity index (χ0n) is 17.1. The van der Waals surface area contributed by atoms with E-state index in [9.17, 15) is 0 Å². The van der Waals surface area contributed by atoms with Gasteiger partial charge in [-0.15, -0.1) is 0 Å². The third-order valence-corrected chi connectivity index (χ3v) is 4.97. The average molecular weight is 382 g/mol. The maximum atomic E-state index is 5.19. The third kappa shape index (κ3) is 5.38. The van der Waals surface area contributed by atoms with Crippen LogP contribution in [0.15, 0.2) is 47.6 Å². The minimum atomic E-state index is 0.160. The van der Waals surface area contributed by atoms with Crippen LogP contribution in [0.2, 0.25) is 0 Å². The van der Waals surface area contributed by atoms with Crippen LogP contribution in [0.1, 0.15) is 43.9 Å². The summed E-state index contributed by atoms with van der Waals surface area (Å²) in [5, 5.41) is 6.86. The van der Waals surface area contributed by atoms with Gasteiger partial charge in [0.05, 0.1) is 19.7 Å². The van der Waals surface area contributed by atoms with Crippen molar-refractivity contribution in [1.82, 2.24) is 15.6 Å². The van der Waals surface area contributed by atoms with Crippen molar-refractivity contribution >= 4 is 11.6 Å². The van der Waals surface area contributed by atoms with Gasteiger partial charge in [0.25, 0.3) is 0 Å². The summed E-state index contributed by atoms with van der Waals surface area (Å²) in [7, 11) is 1.62. The molecule has 0 amide bonds. The van der Waals surface area contributed by atoms with Crippen LogP contribution in [0.3, 0.4) is 0 Å². The van der Waals surface area contributed by atoms with Gasteiger partial charge in [0.1, 0.15) is 0 Å². The van der Waals surface area contributed by atoms with E-state index in [1.165, 1.54) is 24.1 Å². The highest BCUT2D eigenvalue weighted by Crippen LogP contribution is 2.24. The van der Waals surface area contributed by atoms with Crippen LogP contribution in [0.4, 0.5) is 5.69 Å². The zero-order valence-corrected chi connectivity index (χ0v) is 17.1. The fourth-order valence-corrected chi connectivity index (χ4v) is 3.41. The molecule has 0 aliphatic carbocycles. The molecule has 1 aliphatic rings. The summed E-state index contributed by atoms with van der Waals surface area (Å²) in [4.78, 5) is 11.3. The molecule has 1 saturated heterocycles. The number of hydrogen-bond acceptors (Lipinski definition) is 4. The van der Waals surface area contributed by atoms with E-state index in [1.54, 1.807) is 13.3 Å². The Bertz CT molecular complexity index is 786. The summed E-state index contributed by atoms with van der Waals surface area (Å²) in [6, 6.07) is 12.8. The summed E-state index contributed by atoms with van der Waals surface area (Å²) in [6.45, 7) is 7.94. The van der Waals surface area contributed by atoms with E-state index in [4.69, 9.17) is 9.73 Å². The Morgan fingerprint density at radius 3 is 2.82 bits per heavy atom. The van der Waals surface area contributed by atoms with Gasteiger partial charge in [0.15, 0.2) is 5.96 Å². The Morgan fingerprint density at radius 2 is 2.07 bits per heavy atom. The minimum Gasteiger partial charge on any atom is -0.481 e. The van der Waals surface area contributed by atoms with E-state index in [0.29, 0.717) is 12.4 Å². The van der Waals surface area contributed by atoms with Crippen LogP contribution in [-0.2, 0) is 6.54 Å². The first-order chi connectivity index (χ1) is 13.7. The SMILES string of the molecule is CCNC(=NCc1ccnc(OC)c1)NC(C)c1cccc(N2CCCC2)c1. The molecule has 28 heavy (non-hydrogen) atoms. The molecule has 0 radical (unpaired) electrons. The van der Waals surface area contributed by atoms with Crippen LogP contribution in [0, 0.1) is 0 Å². The highest BCUT2D eigenvalue weighted by molar-refractivity contribution is 5.80. The summed E-state index contributed by atoms with van der Waals surface area (Å²) >= 11 is 0. The van der Waals surface area contributed by atoms with E-state index in [0.717, 1.165) is 31.2 Å². The molecule has 6 nitrogen and oxygen atoms in total. The zero-order chi connectivity index (χ0) is 19.8. The quantitative estimate of drug-likeness (QED) is 0.568. The fourth-order valence-electron chi connectivity index (χ4n) is 3.41. The molecule has 2 aromatic rings. The van der Waals surface area contributed by atoms with Crippen molar-refractivity contribution < 1.29 is 4.74 Å². The number of benzene rings is 1. The average Bonchev–Trinajstić information content (AvgIpc) is 3.27. The number of rotatable bonds is 7. The van der Waals surface area contributed by atoms with Gasteiger partial charge in [-0.05, 0) is 56.0 Å².